The van der Waals surface area contributed by atoms with Gasteiger partial charge in [0.05, 0.1) is 6.54 Å². The quantitative estimate of drug-likeness (QED) is 0.361. The van der Waals surface area contributed by atoms with Crippen molar-refractivity contribution in [3.63, 3.8) is 0 Å². The molecule has 0 amide bonds. The first-order valence-corrected chi connectivity index (χ1v) is 10.8. The lowest BCUT2D eigenvalue weighted by atomic mass is 10.1. The monoisotopic (exact) mass is 351 g/mol. The Bertz CT molecular complexity index is 365. The zero-order valence-corrected chi connectivity index (χ0v) is 16.7. The van der Waals surface area contributed by atoms with Crippen molar-refractivity contribution in [2.24, 2.45) is 4.99 Å². The van der Waals surface area contributed by atoms with Crippen molar-refractivity contribution in [2.45, 2.75) is 71.3 Å². The van der Waals surface area contributed by atoms with Crippen molar-refractivity contribution >= 4 is 5.96 Å². The highest BCUT2D eigenvalue weighted by atomic mass is 15.2. The fraction of sp³-hybridized carbons (Fsp3) is 0.950. The van der Waals surface area contributed by atoms with Crippen molar-refractivity contribution in [1.29, 1.82) is 0 Å². The molecule has 2 heterocycles. The van der Waals surface area contributed by atoms with Crippen molar-refractivity contribution in [3.8, 4) is 0 Å². The highest BCUT2D eigenvalue weighted by Crippen LogP contribution is 2.16. The Morgan fingerprint density at radius 2 is 1.80 bits per heavy atom. The summed E-state index contributed by atoms with van der Waals surface area (Å²) in [6.45, 7) is 13.6. The summed E-state index contributed by atoms with van der Waals surface area (Å²) in [4.78, 5) is 10.0. The minimum absolute atomic E-state index is 0.644. The van der Waals surface area contributed by atoms with Gasteiger partial charge < -0.3 is 15.5 Å². The van der Waals surface area contributed by atoms with Gasteiger partial charge in [0, 0.05) is 19.1 Å². The Balaban J connectivity index is 1.57. The van der Waals surface area contributed by atoms with E-state index in [9.17, 15) is 0 Å². The highest BCUT2D eigenvalue weighted by molar-refractivity contribution is 5.79. The minimum atomic E-state index is 0.644. The van der Waals surface area contributed by atoms with Gasteiger partial charge in [-0.1, -0.05) is 19.8 Å². The average Bonchev–Trinajstić information content (AvgIpc) is 3.11. The van der Waals surface area contributed by atoms with E-state index in [1.54, 1.807) is 0 Å². The van der Waals surface area contributed by atoms with Crippen molar-refractivity contribution in [2.75, 3.05) is 52.4 Å². The first-order chi connectivity index (χ1) is 12.3. The van der Waals surface area contributed by atoms with Crippen LogP contribution in [0.25, 0.3) is 0 Å². The number of aliphatic imine (C=N–C) groups is 1. The van der Waals surface area contributed by atoms with Crippen LogP contribution >= 0.6 is 0 Å². The minimum Gasteiger partial charge on any atom is -0.357 e. The number of likely N-dealkylation sites (N-methyl/N-ethyl adjacent to an activating group) is 1. The molecule has 1 atom stereocenters. The molecule has 0 aromatic heterocycles. The van der Waals surface area contributed by atoms with Gasteiger partial charge in [-0.3, -0.25) is 9.89 Å². The molecule has 0 aliphatic carbocycles. The summed E-state index contributed by atoms with van der Waals surface area (Å²) in [7, 11) is 0. The van der Waals surface area contributed by atoms with Crippen LogP contribution in [0.3, 0.4) is 0 Å². The van der Waals surface area contributed by atoms with Gasteiger partial charge in [-0.15, -0.1) is 0 Å². The summed E-state index contributed by atoms with van der Waals surface area (Å²) in [6.07, 6.45) is 10.8. The van der Waals surface area contributed by atoms with Crippen LogP contribution in [-0.2, 0) is 0 Å². The van der Waals surface area contributed by atoms with E-state index < -0.39 is 0 Å². The lowest BCUT2D eigenvalue weighted by Gasteiger charge is -2.26. The number of nitrogens with zero attached hydrogens (tertiary/aromatic N) is 3. The van der Waals surface area contributed by atoms with Crippen LogP contribution in [0.15, 0.2) is 4.99 Å². The molecule has 146 valence electrons. The largest absolute Gasteiger partial charge is 0.357 e. The van der Waals surface area contributed by atoms with Crippen LogP contribution in [0.4, 0.5) is 0 Å². The second-order valence-electron chi connectivity index (χ2n) is 7.53. The molecule has 0 spiro atoms. The van der Waals surface area contributed by atoms with E-state index in [-0.39, 0.29) is 0 Å². The van der Waals surface area contributed by atoms with Crippen LogP contribution in [-0.4, -0.2) is 74.2 Å². The number of nitrogens with one attached hydrogen (secondary N) is 2. The molecule has 1 unspecified atom stereocenters. The van der Waals surface area contributed by atoms with Crippen LogP contribution in [0.5, 0.6) is 0 Å². The third-order valence-electron chi connectivity index (χ3n) is 5.60. The lowest BCUT2D eigenvalue weighted by molar-refractivity contribution is 0.224. The molecule has 2 aliphatic heterocycles. The van der Waals surface area contributed by atoms with E-state index in [0.29, 0.717) is 6.04 Å². The van der Waals surface area contributed by atoms with Gasteiger partial charge in [0.25, 0.3) is 0 Å². The van der Waals surface area contributed by atoms with Crippen LogP contribution in [0.2, 0.25) is 0 Å². The molecule has 0 aromatic rings. The third kappa shape index (κ3) is 7.95. The summed E-state index contributed by atoms with van der Waals surface area (Å²) in [6, 6.07) is 0.644. The topological polar surface area (TPSA) is 42.9 Å². The zero-order chi connectivity index (χ0) is 17.7. The first-order valence-electron chi connectivity index (χ1n) is 10.8. The van der Waals surface area contributed by atoms with Gasteiger partial charge in [-0.05, 0) is 78.2 Å². The fourth-order valence-electron chi connectivity index (χ4n) is 4.08. The van der Waals surface area contributed by atoms with Gasteiger partial charge >= 0.3 is 0 Å². The summed E-state index contributed by atoms with van der Waals surface area (Å²) in [5, 5.41) is 6.92. The van der Waals surface area contributed by atoms with Gasteiger partial charge in [-0.2, -0.15) is 0 Å². The fourth-order valence-corrected chi connectivity index (χ4v) is 4.08. The lowest BCUT2D eigenvalue weighted by Crippen LogP contribution is -2.39. The SMILES string of the molecule is CCNC(=NCC1CCCN1CC)NCCCCCN1CCCCC1. The van der Waals surface area contributed by atoms with E-state index in [2.05, 4.69) is 34.3 Å². The second kappa shape index (κ2) is 12.5. The van der Waals surface area contributed by atoms with Gasteiger partial charge in [0.15, 0.2) is 5.96 Å². The van der Waals surface area contributed by atoms with Crippen LogP contribution < -0.4 is 10.6 Å². The zero-order valence-electron chi connectivity index (χ0n) is 16.7. The number of piperidine rings is 1. The Kier molecular flexibility index (Phi) is 10.3. The Labute approximate surface area is 155 Å². The molecule has 0 saturated carbocycles. The van der Waals surface area contributed by atoms with Crippen molar-refractivity contribution < 1.29 is 0 Å². The van der Waals surface area contributed by atoms with E-state index in [4.69, 9.17) is 4.99 Å². The number of unbranched alkanes of at least 4 members (excludes halogenated alkanes) is 2. The number of guanidine groups is 1. The summed E-state index contributed by atoms with van der Waals surface area (Å²) < 4.78 is 0. The van der Waals surface area contributed by atoms with Crippen LogP contribution in [0, 0.1) is 0 Å². The molecule has 0 aromatic carbocycles. The molecular formula is C20H41N5. The van der Waals surface area contributed by atoms with E-state index in [1.165, 1.54) is 77.5 Å². The van der Waals surface area contributed by atoms with Gasteiger partial charge in [0.2, 0.25) is 0 Å². The maximum Gasteiger partial charge on any atom is 0.191 e. The van der Waals surface area contributed by atoms with E-state index in [0.717, 1.165) is 32.1 Å². The standard InChI is InChI=1S/C20H41N5/c1-3-21-20(23-18-19-12-11-17-25(19)4-2)22-13-7-5-8-14-24-15-9-6-10-16-24/h19H,3-18H2,1-2H3,(H2,21,22,23). The van der Waals surface area contributed by atoms with Crippen LogP contribution in [0.1, 0.15) is 65.2 Å². The number of likely N-dealkylation sites (tertiary alicyclic amines) is 2. The number of hydrogen-bond acceptors (Lipinski definition) is 3. The molecule has 5 nitrogen and oxygen atoms in total. The predicted molar refractivity (Wildman–Crippen MR) is 108 cm³/mol. The molecule has 2 saturated heterocycles. The van der Waals surface area contributed by atoms with Crippen molar-refractivity contribution in [1.82, 2.24) is 20.4 Å². The highest BCUT2D eigenvalue weighted by Gasteiger charge is 2.22. The Hall–Kier alpha value is -0.810. The third-order valence-corrected chi connectivity index (χ3v) is 5.60. The average molecular weight is 352 g/mol. The Morgan fingerprint density at radius 3 is 2.56 bits per heavy atom. The molecule has 0 bridgehead atoms. The normalized spacial score (nSPS) is 23.1. The van der Waals surface area contributed by atoms with Gasteiger partial charge in [-0.25, -0.2) is 0 Å². The molecule has 2 aliphatic rings. The maximum atomic E-state index is 4.83. The summed E-state index contributed by atoms with van der Waals surface area (Å²) in [5.74, 6) is 1.00. The number of rotatable bonds is 10. The summed E-state index contributed by atoms with van der Waals surface area (Å²) in [5.41, 5.74) is 0. The molecule has 25 heavy (non-hydrogen) atoms. The van der Waals surface area contributed by atoms with E-state index in [1.807, 2.05) is 0 Å². The van der Waals surface area contributed by atoms with Crippen molar-refractivity contribution in [3.05, 3.63) is 0 Å². The van der Waals surface area contributed by atoms with E-state index >= 15 is 0 Å². The first kappa shape index (κ1) is 20.5. The Morgan fingerprint density at radius 1 is 0.960 bits per heavy atom. The van der Waals surface area contributed by atoms with Gasteiger partial charge in [0.1, 0.15) is 0 Å². The predicted octanol–water partition coefficient (Wildman–Crippen LogP) is 2.68. The molecule has 5 heteroatoms. The molecule has 2 rings (SSSR count). The molecule has 2 N–H and O–H groups in total. The molecule has 0 radical (unpaired) electrons. The smallest absolute Gasteiger partial charge is 0.191 e. The molecular weight excluding hydrogens is 310 g/mol. The number of hydrogen-bond donors (Lipinski definition) is 2. The maximum absolute atomic E-state index is 4.83. The second-order valence-corrected chi connectivity index (χ2v) is 7.53. The molecule has 2 fully saturated rings. The summed E-state index contributed by atoms with van der Waals surface area (Å²) >= 11 is 0.